The van der Waals surface area contributed by atoms with Crippen molar-refractivity contribution in [1.82, 2.24) is 0 Å². The molecule has 0 heterocycles. The summed E-state index contributed by atoms with van der Waals surface area (Å²) < 4.78 is 32.3. The highest BCUT2D eigenvalue weighted by molar-refractivity contribution is 6.32. The van der Waals surface area contributed by atoms with Gasteiger partial charge in [0.05, 0.1) is 10.6 Å². The summed E-state index contributed by atoms with van der Waals surface area (Å²) in [5, 5.41) is 8.79. The van der Waals surface area contributed by atoms with E-state index < -0.39 is 11.6 Å². The molecule has 108 valence electrons. The van der Waals surface area contributed by atoms with Crippen LogP contribution in [-0.4, -0.2) is 11.7 Å². The normalized spacial score (nSPS) is 9.90. The zero-order valence-corrected chi connectivity index (χ0v) is 11.6. The van der Waals surface area contributed by atoms with Gasteiger partial charge in [-0.2, -0.15) is 0 Å². The van der Waals surface area contributed by atoms with E-state index >= 15 is 0 Å². The molecule has 0 radical (unpaired) electrons. The van der Waals surface area contributed by atoms with Crippen molar-refractivity contribution in [3.63, 3.8) is 0 Å². The molecule has 0 saturated carbocycles. The Labute approximate surface area is 125 Å². The van der Waals surface area contributed by atoms with Crippen LogP contribution in [0.3, 0.4) is 0 Å². The number of hydrogen-bond acceptors (Lipinski definition) is 2. The number of hydrogen-bond donors (Lipinski definition) is 1. The molecule has 0 aliphatic heterocycles. The lowest BCUT2D eigenvalue weighted by Gasteiger charge is -2.09. The van der Waals surface area contributed by atoms with Crippen LogP contribution >= 0.6 is 11.6 Å². The molecule has 0 fully saturated rings. The lowest BCUT2D eigenvalue weighted by molar-refractivity contribution is 0.290. The van der Waals surface area contributed by atoms with Gasteiger partial charge < -0.3 is 9.84 Å². The van der Waals surface area contributed by atoms with Gasteiger partial charge >= 0.3 is 0 Å². The number of para-hydroxylation sites is 1. The van der Waals surface area contributed by atoms with Crippen molar-refractivity contribution >= 4 is 11.6 Å². The van der Waals surface area contributed by atoms with Gasteiger partial charge in [0.25, 0.3) is 0 Å². The number of aliphatic hydroxyl groups excluding tert-OH is 1. The second-order valence-electron chi connectivity index (χ2n) is 4.11. The maximum absolute atomic E-state index is 13.5. The molecule has 2 nitrogen and oxygen atoms in total. The van der Waals surface area contributed by atoms with Gasteiger partial charge in [0.15, 0.2) is 11.6 Å². The summed E-state index contributed by atoms with van der Waals surface area (Å²) in [7, 11) is 0. The van der Waals surface area contributed by atoms with Crippen LogP contribution in [0.1, 0.15) is 11.1 Å². The molecule has 2 aromatic rings. The van der Waals surface area contributed by atoms with E-state index in [4.69, 9.17) is 21.4 Å². The maximum Gasteiger partial charge on any atom is 0.174 e. The van der Waals surface area contributed by atoms with Gasteiger partial charge in [-0.05, 0) is 29.8 Å². The molecule has 5 heteroatoms. The topological polar surface area (TPSA) is 29.5 Å². The first-order valence-electron chi connectivity index (χ1n) is 6.07. The molecule has 0 unspecified atom stereocenters. The summed E-state index contributed by atoms with van der Waals surface area (Å²) in [6.45, 7) is -0.334. The third kappa shape index (κ3) is 3.94. The minimum absolute atomic E-state index is 0.0226. The third-order valence-electron chi connectivity index (χ3n) is 2.63. The molecule has 0 bridgehead atoms. The first-order valence-corrected chi connectivity index (χ1v) is 6.44. The predicted molar refractivity (Wildman–Crippen MR) is 76.1 cm³/mol. The Morgan fingerprint density at radius 1 is 1.14 bits per heavy atom. The van der Waals surface area contributed by atoms with Crippen LogP contribution in [0.4, 0.5) is 8.78 Å². The summed E-state index contributed by atoms with van der Waals surface area (Å²) >= 11 is 5.85. The zero-order chi connectivity index (χ0) is 15.2. The number of aliphatic hydroxyl groups is 1. The van der Waals surface area contributed by atoms with E-state index in [1.54, 1.807) is 0 Å². The largest absolute Gasteiger partial charge is 0.484 e. The van der Waals surface area contributed by atoms with Crippen molar-refractivity contribution in [2.24, 2.45) is 0 Å². The van der Waals surface area contributed by atoms with E-state index in [-0.39, 0.29) is 29.5 Å². The van der Waals surface area contributed by atoms with E-state index in [2.05, 4.69) is 11.8 Å². The molecule has 0 aliphatic rings. The fourth-order valence-corrected chi connectivity index (χ4v) is 1.89. The lowest BCUT2D eigenvalue weighted by atomic mass is 10.1. The Morgan fingerprint density at radius 2 is 1.95 bits per heavy atom. The van der Waals surface area contributed by atoms with Gasteiger partial charge in [0, 0.05) is 0 Å². The summed E-state index contributed by atoms with van der Waals surface area (Å²) in [6, 6.07) is 8.46. The molecule has 0 spiro atoms. The highest BCUT2D eigenvalue weighted by Gasteiger charge is 2.09. The standard InChI is InChI=1S/C16H11ClF2O2/c17-13-4-1-5-15(19)16(13)21-10-11-6-7-14(18)12(9-11)3-2-8-20/h1,4-7,9,20H,8,10H2. The van der Waals surface area contributed by atoms with Gasteiger partial charge in [-0.3, -0.25) is 0 Å². The van der Waals surface area contributed by atoms with E-state index in [9.17, 15) is 8.78 Å². The Kier molecular flexibility index (Phi) is 5.15. The van der Waals surface area contributed by atoms with E-state index in [1.165, 1.54) is 36.4 Å². The number of rotatable bonds is 3. The summed E-state index contributed by atoms with van der Waals surface area (Å²) in [6.07, 6.45) is 0. The molecule has 2 aromatic carbocycles. The van der Waals surface area contributed by atoms with Gasteiger partial charge in [0.1, 0.15) is 19.0 Å². The van der Waals surface area contributed by atoms with Crippen molar-refractivity contribution in [2.45, 2.75) is 6.61 Å². The highest BCUT2D eigenvalue weighted by atomic mass is 35.5. The predicted octanol–water partition coefficient (Wildman–Crippen LogP) is 3.54. The van der Waals surface area contributed by atoms with Crippen molar-refractivity contribution in [3.05, 3.63) is 64.2 Å². The fraction of sp³-hybridized carbons (Fsp3) is 0.125. The van der Waals surface area contributed by atoms with Crippen molar-refractivity contribution in [1.29, 1.82) is 0 Å². The van der Waals surface area contributed by atoms with Gasteiger partial charge in [0.2, 0.25) is 0 Å². The Morgan fingerprint density at radius 3 is 2.67 bits per heavy atom. The molecule has 0 aromatic heterocycles. The van der Waals surface area contributed by atoms with Gasteiger partial charge in [-0.1, -0.05) is 35.6 Å². The van der Waals surface area contributed by atoms with Gasteiger partial charge in [-0.15, -0.1) is 0 Å². The SMILES string of the molecule is OCC#Cc1cc(COc2c(F)cccc2Cl)ccc1F. The molecule has 0 atom stereocenters. The molecule has 1 N–H and O–H groups in total. The van der Waals surface area contributed by atoms with Gasteiger partial charge in [-0.25, -0.2) is 8.78 Å². The summed E-state index contributed by atoms with van der Waals surface area (Å²) in [4.78, 5) is 0. The Balaban J connectivity index is 2.17. The number of ether oxygens (including phenoxy) is 1. The number of benzene rings is 2. The Hall–Kier alpha value is -2.09. The monoisotopic (exact) mass is 308 g/mol. The van der Waals surface area contributed by atoms with Crippen LogP contribution in [0.2, 0.25) is 5.02 Å². The molecule has 0 saturated heterocycles. The molecule has 0 aliphatic carbocycles. The van der Waals surface area contributed by atoms with Crippen LogP contribution in [0.25, 0.3) is 0 Å². The first-order chi connectivity index (χ1) is 10.1. The lowest BCUT2D eigenvalue weighted by Crippen LogP contribution is -1.99. The zero-order valence-electron chi connectivity index (χ0n) is 10.9. The van der Waals surface area contributed by atoms with Crippen LogP contribution < -0.4 is 4.74 Å². The second-order valence-corrected chi connectivity index (χ2v) is 4.52. The summed E-state index contributed by atoms with van der Waals surface area (Å²) in [5.74, 6) is 3.75. The quantitative estimate of drug-likeness (QED) is 0.879. The first kappa shape index (κ1) is 15.3. The van der Waals surface area contributed by atoms with E-state index in [0.717, 1.165) is 0 Å². The molecule has 0 amide bonds. The minimum Gasteiger partial charge on any atom is -0.484 e. The summed E-state index contributed by atoms with van der Waals surface area (Å²) in [5.41, 5.74) is 0.753. The molecular formula is C16H11ClF2O2. The average molecular weight is 309 g/mol. The second kappa shape index (κ2) is 7.07. The van der Waals surface area contributed by atoms with Crippen LogP contribution in [0, 0.1) is 23.5 Å². The van der Waals surface area contributed by atoms with Crippen molar-refractivity contribution in [3.8, 4) is 17.6 Å². The number of halogens is 3. The molecular weight excluding hydrogens is 298 g/mol. The van der Waals surface area contributed by atoms with Crippen LogP contribution in [0.5, 0.6) is 5.75 Å². The van der Waals surface area contributed by atoms with E-state index in [0.29, 0.717) is 5.56 Å². The van der Waals surface area contributed by atoms with Crippen molar-refractivity contribution in [2.75, 3.05) is 6.61 Å². The van der Waals surface area contributed by atoms with Crippen LogP contribution in [0.15, 0.2) is 36.4 Å². The third-order valence-corrected chi connectivity index (χ3v) is 2.93. The minimum atomic E-state index is -0.565. The smallest absolute Gasteiger partial charge is 0.174 e. The Bertz CT molecular complexity index is 685. The molecule has 21 heavy (non-hydrogen) atoms. The average Bonchev–Trinajstić information content (AvgIpc) is 2.47. The fourth-order valence-electron chi connectivity index (χ4n) is 1.67. The van der Waals surface area contributed by atoms with E-state index in [1.807, 2.05) is 0 Å². The maximum atomic E-state index is 13.5. The van der Waals surface area contributed by atoms with Crippen LogP contribution in [-0.2, 0) is 6.61 Å². The highest BCUT2D eigenvalue weighted by Crippen LogP contribution is 2.28. The van der Waals surface area contributed by atoms with Crippen molar-refractivity contribution < 1.29 is 18.6 Å². The molecule has 2 rings (SSSR count).